The first-order valence-electron chi connectivity index (χ1n) is 6.02. The number of thioether (sulfide) groups is 1. The highest BCUT2D eigenvalue weighted by Gasteiger charge is 2.10. The summed E-state index contributed by atoms with van der Waals surface area (Å²) in [6.07, 6.45) is 0.899. The second-order valence-corrected chi connectivity index (χ2v) is 5.30. The quantitative estimate of drug-likeness (QED) is 0.791. The van der Waals surface area contributed by atoms with Crippen LogP contribution in [0.25, 0.3) is 0 Å². The first kappa shape index (κ1) is 13.9. The summed E-state index contributed by atoms with van der Waals surface area (Å²) in [6, 6.07) is 5.99. The minimum absolute atomic E-state index is 0.271. The third kappa shape index (κ3) is 3.97. The van der Waals surface area contributed by atoms with Crippen molar-refractivity contribution in [1.82, 2.24) is 15.2 Å². The number of aromatic amines is 1. The number of hydrogen-bond donors (Lipinski definition) is 2. The van der Waals surface area contributed by atoms with Gasteiger partial charge in [-0.25, -0.2) is 4.98 Å². The lowest BCUT2D eigenvalue weighted by molar-refractivity contribution is 0.125. The van der Waals surface area contributed by atoms with Crippen molar-refractivity contribution in [3.05, 3.63) is 35.7 Å². The van der Waals surface area contributed by atoms with E-state index in [9.17, 15) is 5.11 Å². The van der Waals surface area contributed by atoms with Crippen LogP contribution in [0.4, 0.5) is 0 Å². The fourth-order valence-electron chi connectivity index (χ4n) is 1.69. The molecule has 0 amide bonds. The van der Waals surface area contributed by atoms with Gasteiger partial charge in [0.1, 0.15) is 18.7 Å². The summed E-state index contributed by atoms with van der Waals surface area (Å²) in [4.78, 5) is 3.98. The van der Waals surface area contributed by atoms with Gasteiger partial charge in [0.25, 0.3) is 0 Å². The van der Waals surface area contributed by atoms with Crippen LogP contribution in [0.15, 0.2) is 29.7 Å². The maximum absolute atomic E-state index is 9.88. The van der Waals surface area contributed by atoms with E-state index in [0.717, 1.165) is 16.9 Å². The van der Waals surface area contributed by atoms with Crippen LogP contribution in [0.5, 0.6) is 5.75 Å². The van der Waals surface area contributed by atoms with Crippen molar-refractivity contribution in [2.45, 2.75) is 25.1 Å². The second-order valence-electron chi connectivity index (χ2n) is 4.29. The molecule has 0 aliphatic rings. The van der Waals surface area contributed by atoms with E-state index in [2.05, 4.69) is 15.2 Å². The summed E-state index contributed by atoms with van der Waals surface area (Å²) in [5.74, 6) is 1.37. The average Bonchev–Trinajstić information content (AvgIpc) is 2.89. The Morgan fingerprint density at radius 3 is 2.74 bits per heavy atom. The Hall–Kier alpha value is -1.53. The molecule has 1 aromatic heterocycles. The Morgan fingerprint density at radius 2 is 2.11 bits per heavy atom. The fourth-order valence-corrected chi connectivity index (χ4v) is 2.38. The number of aliphatic hydroxyl groups is 1. The molecule has 2 aromatic rings. The monoisotopic (exact) mass is 279 g/mol. The number of nitrogens with zero attached hydrogens (tertiary/aromatic N) is 2. The predicted molar refractivity (Wildman–Crippen MR) is 74.5 cm³/mol. The maximum atomic E-state index is 9.88. The van der Waals surface area contributed by atoms with Crippen molar-refractivity contribution in [3.63, 3.8) is 0 Å². The molecule has 102 valence electrons. The SMILES string of the molecule is Cc1cccc(C)c1OCC(O)CSc1ncn[nH]1. The number of hydrogen-bond acceptors (Lipinski definition) is 5. The number of para-hydroxylation sites is 1. The zero-order valence-electron chi connectivity index (χ0n) is 11.0. The van der Waals surface area contributed by atoms with Crippen molar-refractivity contribution < 1.29 is 9.84 Å². The highest BCUT2D eigenvalue weighted by molar-refractivity contribution is 7.99. The van der Waals surface area contributed by atoms with E-state index in [0.29, 0.717) is 10.9 Å². The number of H-pyrrole nitrogens is 1. The van der Waals surface area contributed by atoms with Gasteiger partial charge in [0.2, 0.25) is 0 Å². The molecule has 0 spiro atoms. The van der Waals surface area contributed by atoms with E-state index < -0.39 is 6.10 Å². The molecule has 0 radical (unpaired) electrons. The molecule has 2 N–H and O–H groups in total. The smallest absolute Gasteiger partial charge is 0.183 e. The van der Waals surface area contributed by atoms with Crippen LogP contribution in [0.3, 0.4) is 0 Å². The van der Waals surface area contributed by atoms with Crippen molar-refractivity contribution in [3.8, 4) is 5.75 Å². The largest absolute Gasteiger partial charge is 0.490 e. The number of aromatic nitrogens is 3. The van der Waals surface area contributed by atoms with Gasteiger partial charge >= 0.3 is 0 Å². The normalized spacial score (nSPS) is 12.4. The summed E-state index contributed by atoms with van der Waals surface area (Å²) in [5, 5.41) is 17.1. The summed E-state index contributed by atoms with van der Waals surface area (Å²) in [7, 11) is 0. The maximum Gasteiger partial charge on any atom is 0.183 e. The molecule has 1 aromatic carbocycles. The van der Waals surface area contributed by atoms with Crippen molar-refractivity contribution in [2.24, 2.45) is 0 Å². The zero-order chi connectivity index (χ0) is 13.7. The Balaban J connectivity index is 1.81. The molecule has 1 unspecified atom stereocenters. The summed E-state index contributed by atoms with van der Waals surface area (Å²) in [5.41, 5.74) is 2.16. The van der Waals surface area contributed by atoms with Crippen molar-refractivity contribution >= 4 is 11.8 Å². The lowest BCUT2D eigenvalue weighted by Gasteiger charge is -2.15. The van der Waals surface area contributed by atoms with Crippen LogP contribution in [0.1, 0.15) is 11.1 Å². The van der Waals surface area contributed by atoms with Crippen molar-refractivity contribution in [2.75, 3.05) is 12.4 Å². The number of benzene rings is 1. The molecule has 1 heterocycles. The fraction of sp³-hybridized carbons (Fsp3) is 0.385. The third-order valence-corrected chi connectivity index (χ3v) is 3.66. The minimum Gasteiger partial charge on any atom is -0.490 e. The number of ether oxygens (including phenoxy) is 1. The first-order valence-corrected chi connectivity index (χ1v) is 7.00. The topological polar surface area (TPSA) is 71.0 Å². The molecule has 5 nitrogen and oxygen atoms in total. The first-order chi connectivity index (χ1) is 9.16. The Bertz CT molecular complexity index is 496. The van der Waals surface area contributed by atoms with E-state index in [4.69, 9.17) is 4.74 Å². The molecular formula is C13H17N3O2S. The summed E-state index contributed by atoms with van der Waals surface area (Å²) >= 11 is 1.42. The highest BCUT2D eigenvalue weighted by atomic mass is 32.2. The van der Waals surface area contributed by atoms with E-state index in [1.165, 1.54) is 18.1 Å². The van der Waals surface area contributed by atoms with Crippen LogP contribution in [0.2, 0.25) is 0 Å². The van der Waals surface area contributed by atoms with Crippen LogP contribution in [-0.4, -0.2) is 38.8 Å². The van der Waals surface area contributed by atoms with E-state index >= 15 is 0 Å². The number of rotatable bonds is 6. The summed E-state index contributed by atoms with van der Waals surface area (Å²) < 4.78 is 5.69. The van der Waals surface area contributed by atoms with Gasteiger partial charge in [-0.05, 0) is 25.0 Å². The second kappa shape index (κ2) is 6.58. The van der Waals surface area contributed by atoms with Gasteiger partial charge in [0, 0.05) is 5.75 Å². The van der Waals surface area contributed by atoms with Gasteiger partial charge < -0.3 is 9.84 Å². The highest BCUT2D eigenvalue weighted by Crippen LogP contribution is 2.22. The predicted octanol–water partition coefficient (Wildman–Crippen LogP) is 1.95. The van der Waals surface area contributed by atoms with E-state index in [-0.39, 0.29) is 6.61 Å². The van der Waals surface area contributed by atoms with Gasteiger partial charge in [0.05, 0.1) is 6.10 Å². The molecule has 0 bridgehead atoms. The molecule has 19 heavy (non-hydrogen) atoms. The lowest BCUT2D eigenvalue weighted by atomic mass is 10.1. The van der Waals surface area contributed by atoms with Crippen LogP contribution < -0.4 is 4.74 Å². The molecule has 2 rings (SSSR count). The van der Waals surface area contributed by atoms with Crippen LogP contribution in [0, 0.1) is 13.8 Å². The van der Waals surface area contributed by atoms with Crippen LogP contribution in [-0.2, 0) is 0 Å². The Morgan fingerprint density at radius 1 is 1.37 bits per heavy atom. The van der Waals surface area contributed by atoms with E-state index in [1.807, 2.05) is 32.0 Å². The van der Waals surface area contributed by atoms with Gasteiger partial charge in [-0.1, -0.05) is 30.0 Å². The number of nitrogens with one attached hydrogen (secondary N) is 1. The molecule has 6 heteroatoms. The molecule has 1 atom stereocenters. The Kier molecular flexibility index (Phi) is 4.81. The molecule has 0 fully saturated rings. The summed E-state index contributed by atoms with van der Waals surface area (Å²) in [6.45, 7) is 4.27. The molecule has 0 saturated heterocycles. The number of aliphatic hydroxyl groups excluding tert-OH is 1. The average molecular weight is 279 g/mol. The molecule has 0 saturated carbocycles. The van der Waals surface area contributed by atoms with Gasteiger partial charge in [0.15, 0.2) is 5.16 Å². The van der Waals surface area contributed by atoms with E-state index in [1.54, 1.807) is 0 Å². The van der Waals surface area contributed by atoms with Gasteiger partial charge in [-0.15, -0.1) is 0 Å². The van der Waals surface area contributed by atoms with Crippen LogP contribution >= 0.6 is 11.8 Å². The zero-order valence-corrected chi connectivity index (χ0v) is 11.8. The molecule has 0 aliphatic carbocycles. The van der Waals surface area contributed by atoms with Gasteiger partial charge in [-0.2, -0.15) is 5.10 Å². The Labute approximate surface area is 116 Å². The van der Waals surface area contributed by atoms with Gasteiger partial charge in [-0.3, -0.25) is 5.10 Å². The minimum atomic E-state index is -0.547. The molecular weight excluding hydrogens is 262 g/mol. The lowest BCUT2D eigenvalue weighted by Crippen LogP contribution is -2.20. The third-order valence-electron chi connectivity index (χ3n) is 2.63. The molecule has 0 aliphatic heterocycles. The standard InChI is InChI=1S/C13H17N3O2S/c1-9-4-3-5-10(2)12(9)18-6-11(17)7-19-13-14-8-15-16-13/h3-5,8,11,17H,6-7H2,1-2H3,(H,14,15,16). The van der Waals surface area contributed by atoms with Crippen molar-refractivity contribution in [1.29, 1.82) is 0 Å². The number of aryl methyl sites for hydroxylation is 2.